The maximum Gasteiger partial charge on any atom is 0.417 e. The van der Waals surface area contributed by atoms with E-state index in [1.54, 1.807) is 29.7 Å². The molecule has 0 aliphatic rings. The Bertz CT molecular complexity index is 949. The van der Waals surface area contributed by atoms with E-state index in [9.17, 15) is 18.0 Å². The standard InChI is InChI=1S/C17H15F3N4O2/c1-3-26-12-5-4-8-24-14(10(2)22-15(12)24)16(25)23-13-7-6-11(9-21-13)17(18,19)20/h4-9H,3H2,1-2H3,(H,21,23,25). The van der Waals surface area contributed by atoms with Crippen LogP contribution in [0.1, 0.15) is 28.7 Å². The predicted octanol–water partition coefficient (Wildman–Crippen LogP) is 3.71. The van der Waals surface area contributed by atoms with Crippen molar-refractivity contribution in [3.8, 4) is 5.75 Å². The third-order valence-corrected chi connectivity index (χ3v) is 3.64. The Morgan fingerprint density at radius 2 is 2.08 bits per heavy atom. The van der Waals surface area contributed by atoms with Crippen molar-refractivity contribution in [2.24, 2.45) is 0 Å². The summed E-state index contributed by atoms with van der Waals surface area (Å²) in [5.74, 6) is 0.0130. The molecule has 0 atom stereocenters. The summed E-state index contributed by atoms with van der Waals surface area (Å²) in [7, 11) is 0. The topological polar surface area (TPSA) is 68.5 Å². The molecule has 3 aromatic heterocycles. The lowest BCUT2D eigenvalue weighted by molar-refractivity contribution is -0.137. The molecule has 3 aromatic rings. The third kappa shape index (κ3) is 3.32. The second-order valence-corrected chi connectivity index (χ2v) is 5.43. The van der Waals surface area contributed by atoms with Crippen molar-refractivity contribution in [3.63, 3.8) is 0 Å². The van der Waals surface area contributed by atoms with E-state index in [0.29, 0.717) is 29.9 Å². The fourth-order valence-electron chi connectivity index (χ4n) is 2.51. The SMILES string of the molecule is CCOc1cccn2c(C(=O)Nc3ccc(C(F)(F)F)cn3)c(C)nc12. The number of pyridine rings is 2. The number of carbonyl (C=O) groups is 1. The minimum absolute atomic E-state index is 0.0123. The number of amides is 1. The van der Waals surface area contributed by atoms with Crippen LogP contribution in [0.3, 0.4) is 0 Å². The monoisotopic (exact) mass is 364 g/mol. The molecular formula is C17H15F3N4O2. The number of fused-ring (bicyclic) bond motifs is 1. The summed E-state index contributed by atoms with van der Waals surface area (Å²) < 4.78 is 44.8. The van der Waals surface area contributed by atoms with Gasteiger partial charge in [-0.2, -0.15) is 13.2 Å². The Morgan fingerprint density at radius 1 is 1.31 bits per heavy atom. The summed E-state index contributed by atoms with van der Waals surface area (Å²) in [6, 6.07) is 5.42. The predicted molar refractivity (Wildman–Crippen MR) is 88.3 cm³/mol. The number of alkyl halides is 3. The maximum atomic E-state index is 12.6. The van der Waals surface area contributed by atoms with Crippen molar-refractivity contribution >= 4 is 17.4 Å². The highest BCUT2D eigenvalue weighted by Gasteiger charge is 2.30. The highest BCUT2D eigenvalue weighted by Crippen LogP contribution is 2.29. The minimum atomic E-state index is -4.48. The molecule has 26 heavy (non-hydrogen) atoms. The Kier molecular flexibility index (Phi) is 4.54. The fourth-order valence-corrected chi connectivity index (χ4v) is 2.51. The number of carbonyl (C=O) groups excluding carboxylic acids is 1. The quantitative estimate of drug-likeness (QED) is 0.766. The normalized spacial score (nSPS) is 11.6. The molecule has 0 fully saturated rings. The Labute approximate surface area is 146 Å². The van der Waals surface area contributed by atoms with Crippen molar-refractivity contribution in [1.29, 1.82) is 0 Å². The van der Waals surface area contributed by atoms with Crippen LogP contribution in [0.25, 0.3) is 5.65 Å². The van der Waals surface area contributed by atoms with Crippen LogP contribution in [-0.2, 0) is 6.18 Å². The van der Waals surface area contributed by atoms with Crippen molar-refractivity contribution in [2.75, 3.05) is 11.9 Å². The molecule has 9 heteroatoms. The number of halogens is 3. The number of rotatable bonds is 4. The zero-order valence-electron chi connectivity index (χ0n) is 14.0. The lowest BCUT2D eigenvalue weighted by atomic mass is 10.2. The molecule has 0 saturated carbocycles. The highest BCUT2D eigenvalue weighted by atomic mass is 19.4. The van der Waals surface area contributed by atoms with Gasteiger partial charge in [-0.15, -0.1) is 0 Å². The molecule has 0 aliphatic heterocycles. The highest BCUT2D eigenvalue weighted by molar-refractivity contribution is 6.04. The number of nitrogens with one attached hydrogen (secondary N) is 1. The summed E-state index contributed by atoms with van der Waals surface area (Å²) in [6.45, 7) is 3.95. The molecule has 136 valence electrons. The van der Waals surface area contributed by atoms with Gasteiger partial charge in [-0.25, -0.2) is 9.97 Å². The first kappa shape index (κ1) is 17.7. The van der Waals surface area contributed by atoms with Crippen LogP contribution in [0.15, 0.2) is 36.7 Å². The summed E-state index contributed by atoms with van der Waals surface area (Å²) in [5, 5.41) is 2.49. The molecule has 0 aromatic carbocycles. The number of nitrogens with zero attached hydrogens (tertiary/aromatic N) is 3. The van der Waals surface area contributed by atoms with Gasteiger partial charge in [0, 0.05) is 12.4 Å². The number of aryl methyl sites for hydroxylation is 1. The average Bonchev–Trinajstić information content (AvgIpc) is 2.92. The zero-order valence-corrected chi connectivity index (χ0v) is 14.0. The lowest BCUT2D eigenvalue weighted by Gasteiger charge is -2.09. The number of anilines is 1. The van der Waals surface area contributed by atoms with Crippen LogP contribution in [0.5, 0.6) is 5.75 Å². The van der Waals surface area contributed by atoms with Gasteiger partial charge in [0.25, 0.3) is 5.91 Å². The summed E-state index contributed by atoms with van der Waals surface area (Å²) in [5.41, 5.74) is 0.310. The van der Waals surface area contributed by atoms with Gasteiger partial charge in [0.2, 0.25) is 0 Å². The maximum absolute atomic E-state index is 12.6. The third-order valence-electron chi connectivity index (χ3n) is 3.64. The molecule has 0 radical (unpaired) electrons. The molecule has 3 rings (SSSR count). The van der Waals surface area contributed by atoms with Gasteiger partial charge in [-0.05, 0) is 38.1 Å². The number of aromatic nitrogens is 3. The fraction of sp³-hybridized carbons (Fsp3) is 0.235. The molecule has 1 amide bonds. The van der Waals surface area contributed by atoms with Crippen LogP contribution < -0.4 is 10.1 Å². The van der Waals surface area contributed by atoms with Gasteiger partial charge in [-0.3, -0.25) is 9.20 Å². The van der Waals surface area contributed by atoms with E-state index in [1.807, 2.05) is 6.92 Å². The van der Waals surface area contributed by atoms with Crippen molar-refractivity contribution in [1.82, 2.24) is 14.4 Å². The van der Waals surface area contributed by atoms with Gasteiger partial charge in [-0.1, -0.05) is 0 Å². The van der Waals surface area contributed by atoms with E-state index >= 15 is 0 Å². The van der Waals surface area contributed by atoms with Gasteiger partial charge in [0.05, 0.1) is 17.9 Å². The number of ether oxygens (including phenoxy) is 1. The van der Waals surface area contributed by atoms with Gasteiger partial charge in [0.1, 0.15) is 11.5 Å². The van der Waals surface area contributed by atoms with Gasteiger partial charge in [0.15, 0.2) is 11.4 Å². The molecule has 0 unspecified atom stereocenters. The van der Waals surface area contributed by atoms with Crippen LogP contribution in [0.2, 0.25) is 0 Å². The number of hydrogen-bond acceptors (Lipinski definition) is 4. The molecule has 0 spiro atoms. The van der Waals surface area contributed by atoms with E-state index < -0.39 is 17.6 Å². The molecule has 0 saturated heterocycles. The van der Waals surface area contributed by atoms with E-state index in [-0.39, 0.29) is 11.5 Å². The van der Waals surface area contributed by atoms with E-state index in [4.69, 9.17) is 4.74 Å². The van der Waals surface area contributed by atoms with Crippen molar-refractivity contribution < 1.29 is 22.7 Å². The molecule has 6 nitrogen and oxygen atoms in total. The number of imidazole rings is 1. The first-order chi connectivity index (χ1) is 12.3. The van der Waals surface area contributed by atoms with Gasteiger partial charge < -0.3 is 10.1 Å². The Balaban J connectivity index is 1.91. The van der Waals surface area contributed by atoms with Crippen molar-refractivity contribution in [3.05, 3.63) is 53.6 Å². The molecular weight excluding hydrogens is 349 g/mol. The molecule has 0 aliphatic carbocycles. The number of hydrogen-bond donors (Lipinski definition) is 1. The Morgan fingerprint density at radius 3 is 2.69 bits per heavy atom. The molecule has 3 heterocycles. The first-order valence-electron chi connectivity index (χ1n) is 7.76. The summed E-state index contributed by atoms with van der Waals surface area (Å²) >= 11 is 0. The van der Waals surface area contributed by atoms with E-state index in [2.05, 4.69) is 15.3 Å². The van der Waals surface area contributed by atoms with E-state index in [0.717, 1.165) is 12.1 Å². The molecule has 1 N–H and O–H groups in total. The first-order valence-corrected chi connectivity index (χ1v) is 7.76. The van der Waals surface area contributed by atoms with Crippen LogP contribution in [0, 0.1) is 6.92 Å². The average molecular weight is 364 g/mol. The van der Waals surface area contributed by atoms with Crippen molar-refractivity contribution in [2.45, 2.75) is 20.0 Å². The largest absolute Gasteiger partial charge is 0.490 e. The second-order valence-electron chi connectivity index (χ2n) is 5.43. The van der Waals surface area contributed by atoms with Gasteiger partial charge >= 0.3 is 6.18 Å². The molecule has 0 bridgehead atoms. The van der Waals surface area contributed by atoms with Crippen LogP contribution in [0.4, 0.5) is 19.0 Å². The van der Waals surface area contributed by atoms with E-state index in [1.165, 1.54) is 0 Å². The van der Waals surface area contributed by atoms with Crippen LogP contribution >= 0.6 is 0 Å². The lowest BCUT2D eigenvalue weighted by Crippen LogP contribution is -2.17. The second kappa shape index (κ2) is 6.66. The minimum Gasteiger partial charge on any atom is -0.490 e. The summed E-state index contributed by atoms with van der Waals surface area (Å²) in [6.07, 6.45) is -2.15. The zero-order chi connectivity index (χ0) is 18.9. The van der Waals surface area contributed by atoms with Crippen LogP contribution in [-0.4, -0.2) is 26.9 Å². The summed E-state index contributed by atoms with van der Waals surface area (Å²) in [4.78, 5) is 20.6. The smallest absolute Gasteiger partial charge is 0.417 e. The Hall–Kier alpha value is -3.10.